The van der Waals surface area contributed by atoms with Crippen LogP contribution >= 0.6 is 11.3 Å². The molecule has 0 saturated heterocycles. The Morgan fingerprint density at radius 1 is 1.11 bits per heavy atom. The Hall–Kier alpha value is -2.60. The molecule has 5 rings (SSSR count). The number of aromatic nitrogens is 2. The molecule has 134 valence electrons. The summed E-state index contributed by atoms with van der Waals surface area (Å²) in [6.45, 7) is 1.37. The Labute approximate surface area is 161 Å². The van der Waals surface area contributed by atoms with Crippen molar-refractivity contribution in [2.75, 3.05) is 13.6 Å². The van der Waals surface area contributed by atoms with Gasteiger partial charge in [0.15, 0.2) is 0 Å². The number of likely N-dealkylation sites (N-methyl/N-ethyl adjacent to an activating group) is 1. The topological polar surface area (TPSA) is 49.2 Å². The summed E-state index contributed by atoms with van der Waals surface area (Å²) in [7, 11) is 2.05. The van der Waals surface area contributed by atoms with E-state index in [4.69, 9.17) is 0 Å². The number of benzene rings is 2. The number of fused-ring (bicyclic) bond motifs is 2. The number of hydrogen-bond acceptors (Lipinski definition) is 5. The highest BCUT2D eigenvalue weighted by molar-refractivity contribution is 7.17. The van der Waals surface area contributed by atoms with E-state index in [-0.39, 0.29) is 0 Å². The molecule has 27 heavy (non-hydrogen) atoms. The first-order valence-electron chi connectivity index (χ1n) is 8.94. The monoisotopic (exact) mass is 373 g/mol. The largest absolute Gasteiger partial charge is 0.379 e. The van der Waals surface area contributed by atoms with Crippen LogP contribution in [0.15, 0.2) is 66.2 Å². The molecule has 0 aliphatic carbocycles. The molecule has 1 unspecified atom stereocenters. The Kier molecular flexibility index (Phi) is 3.82. The summed E-state index contributed by atoms with van der Waals surface area (Å²) in [5.74, 6) is 0. The van der Waals surface area contributed by atoms with E-state index in [1.807, 2.05) is 31.3 Å². The highest BCUT2D eigenvalue weighted by Crippen LogP contribution is 2.39. The lowest BCUT2D eigenvalue weighted by atomic mass is 9.79. The van der Waals surface area contributed by atoms with Gasteiger partial charge in [-0.2, -0.15) is 10.2 Å². The van der Waals surface area contributed by atoms with Crippen molar-refractivity contribution in [1.29, 1.82) is 0 Å². The number of β-amino-alcohol motifs (C(OH)–C–C–N with tert-alkyl or cyclic N) is 1. The van der Waals surface area contributed by atoms with Crippen molar-refractivity contribution in [3.8, 4) is 11.3 Å². The summed E-state index contributed by atoms with van der Waals surface area (Å²) >= 11 is 1.72. The first kappa shape index (κ1) is 16.6. The summed E-state index contributed by atoms with van der Waals surface area (Å²) < 4.78 is 1.24. The zero-order valence-corrected chi connectivity index (χ0v) is 15.8. The molecule has 0 amide bonds. The Morgan fingerprint density at radius 2 is 2.04 bits per heavy atom. The third-order valence-electron chi connectivity index (χ3n) is 5.29. The Morgan fingerprint density at radius 3 is 2.89 bits per heavy atom. The maximum Gasteiger partial charge on any atom is 0.128 e. The first-order chi connectivity index (χ1) is 13.1. The molecule has 0 saturated carbocycles. The van der Waals surface area contributed by atoms with Gasteiger partial charge in [-0.25, -0.2) is 0 Å². The van der Waals surface area contributed by atoms with Crippen LogP contribution in [0.25, 0.3) is 21.3 Å². The maximum atomic E-state index is 11.8. The van der Waals surface area contributed by atoms with E-state index in [2.05, 4.69) is 50.8 Å². The zero-order chi connectivity index (χ0) is 18.4. The molecule has 2 aromatic heterocycles. The lowest BCUT2D eigenvalue weighted by molar-refractivity contribution is 0.0284. The summed E-state index contributed by atoms with van der Waals surface area (Å²) in [4.78, 5) is 2.17. The minimum absolute atomic E-state index is 0.570. The second-order valence-electron chi connectivity index (χ2n) is 7.19. The standard InChI is InChI=1S/C22H19N3OS/c1-25-13-17-11-15(20-3-2-9-23-24-20)4-6-19(17)22(26,14-25)18-5-7-21-16(12-18)8-10-27-21/h2-12,26H,13-14H2,1H3. The average molecular weight is 373 g/mol. The number of hydrogen-bond donors (Lipinski definition) is 1. The van der Waals surface area contributed by atoms with Gasteiger partial charge in [-0.3, -0.25) is 4.90 Å². The maximum absolute atomic E-state index is 11.8. The van der Waals surface area contributed by atoms with Crippen LogP contribution in [-0.2, 0) is 12.1 Å². The predicted octanol–water partition coefficient (Wildman–Crippen LogP) is 4.04. The molecular weight excluding hydrogens is 354 g/mol. The molecular formula is C22H19N3OS. The van der Waals surface area contributed by atoms with Crippen LogP contribution in [0.3, 0.4) is 0 Å². The summed E-state index contributed by atoms with van der Waals surface area (Å²) in [6.07, 6.45) is 1.68. The predicted molar refractivity (Wildman–Crippen MR) is 109 cm³/mol. The summed E-state index contributed by atoms with van der Waals surface area (Å²) in [5, 5.41) is 23.2. The third kappa shape index (κ3) is 2.75. The number of nitrogens with zero attached hydrogens (tertiary/aromatic N) is 3. The van der Waals surface area contributed by atoms with Crippen LogP contribution in [0.2, 0.25) is 0 Å². The average Bonchev–Trinajstić information content (AvgIpc) is 3.16. The zero-order valence-electron chi connectivity index (χ0n) is 15.0. The van der Waals surface area contributed by atoms with E-state index >= 15 is 0 Å². The smallest absolute Gasteiger partial charge is 0.128 e. The van der Waals surface area contributed by atoms with Gasteiger partial charge >= 0.3 is 0 Å². The molecule has 1 aliphatic rings. The molecule has 0 bridgehead atoms. The molecule has 1 aliphatic heterocycles. The fourth-order valence-corrected chi connectivity index (χ4v) is 4.81. The van der Waals surface area contributed by atoms with Crippen LogP contribution in [0.5, 0.6) is 0 Å². The van der Waals surface area contributed by atoms with Crippen molar-refractivity contribution < 1.29 is 5.11 Å². The molecule has 5 heteroatoms. The van der Waals surface area contributed by atoms with E-state index in [0.29, 0.717) is 6.54 Å². The quantitative estimate of drug-likeness (QED) is 0.576. The Balaban J connectivity index is 1.65. The summed E-state index contributed by atoms with van der Waals surface area (Å²) in [5.41, 5.74) is 3.87. The van der Waals surface area contributed by atoms with Crippen molar-refractivity contribution in [3.63, 3.8) is 0 Å². The van der Waals surface area contributed by atoms with Gasteiger partial charge in [-0.1, -0.05) is 18.2 Å². The van der Waals surface area contributed by atoms with Gasteiger partial charge in [0.2, 0.25) is 0 Å². The summed E-state index contributed by atoms with van der Waals surface area (Å²) in [6, 6.07) is 18.4. The van der Waals surface area contributed by atoms with Crippen LogP contribution in [0, 0.1) is 0 Å². The molecule has 0 fully saturated rings. The van der Waals surface area contributed by atoms with Crippen molar-refractivity contribution in [2.24, 2.45) is 0 Å². The normalized spacial score (nSPS) is 19.9. The molecule has 0 radical (unpaired) electrons. The molecule has 1 N–H and O–H groups in total. The van der Waals surface area contributed by atoms with Crippen molar-refractivity contribution in [2.45, 2.75) is 12.1 Å². The van der Waals surface area contributed by atoms with Crippen LogP contribution in [0.1, 0.15) is 16.7 Å². The van der Waals surface area contributed by atoms with Gasteiger partial charge in [-0.15, -0.1) is 11.3 Å². The molecule has 3 heterocycles. The fourth-order valence-electron chi connectivity index (χ4n) is 4.04. The molecule has 4 aromatic rings. The minimum atomic E-state index is -1.03. The molecule has 4 nitrogen and oxygen atoms in total. The van der Waals surface area contributed by atoms with Gasteiger partial charge in [0.1, 0.15) is 5.60 Å². The van der Waals surface area contributed by atoms with Crippen molar-refractivity contribution in [1.82, 2.24) is 15.1 Å². The highest BCUT2D eigenvalue weighted by atomic mass is 32.1. The van der Waals surface area contributed by atoms with Gasteiger partial charge in [0.25, 0.3) is 0 Å². The van der Waals surface area contributed by atoms with E-state index in [0.717, 1.165) is 34.5 Å². The first-order valence-corrected chi connectivity index (χ1v) is 9.82. The Bertz CT molecular complexity index is 1120. The van der Waals surface area contributed by atoms with Crippen LogP contribution in [-0.4, -0.2) is 33.8 Å². The van der Waals surface area contributed by atoms with Gasteiger partial charge < -0.3 is 5.11 Å². The fraction of sp³-hybridized carbons (Fsp3) is 0.182. The van der Waals surface area contributed by atoms with Crippen molar-refractivity contribution >= 4 is 21.4 Å². The van der Waals surface area contributed by atoms with Crippen molar-refractivity contribution in [3.05, 3.63) is 82.9 Å². The van der Waals surface area contributed by atoms with E-state index in [1.165, 1.54) is 10.1 Å². The minimum Gasteiger partial charge on any atom is -0.379 e. The van der Waals surface area contributed by atoms with Crippen LogP contribution < -0.4 is 0 Å². The van der Waals surface area contributed by atoms with Gasteiger partial charge in [-0.05, 0) is 70.9 Å². The number of thiophene rings is 1. The van der Waals surface area contributed by atoms with E-state index in [9.17, 15) is 5.11 Å². The lowest BCUT2D eigenvalue weighted by Crippen LogP contribution is -2.44. The number of rotatable bonds is 2. The van der Waals surface area contributed by atoms with E-state index in [1.54, 1.807) is 17.5 Å². The van der Waals surface area contributed by atoms with Crippen LogP contribution in [0.4, 0.5) is 0 Å². The molecule has 0 spiro atoms. The highest BCUT2D eigenvalue weighted by Gasteiger charge is 2.38. The second kappa shape index (κ2) is 6.23. The van der Waals surface area contributed by atoms with Gasteiger partial charge in [0.05, 0.1) is 5.69 Å². The second-order valence-corrected chi connectivity index (χ2v) is 8.13. The number of aliphatic hydroxyl groups is 1. The SMILES string of the molecule is CN1Cc2cc(-c3cccnn3)ccc2C(O)(c2ccc3sccc3c2)C1. The lowest BCUT2D eigenvalue weighted by Gasteiger charge is -2.40. The third-order valence-corrected chi connectivity index (χ3v) is 6.19. The van der Waals surface area contributed by atoms with E-state index < -0.39 is 5.60 Å². The molecule has 1 atom stereocenters. The van der Waals surface area contributed by atoms with Gasteiger partial charge in [0, 0.05) is 29.5 Å². The molecule has 2 aromatic carbocycles.